The van der Waals surface area contributed by atoms with Crippen molar-refractivity contribution in [3.63, 3.8) is 0 Å². The quantitative estimate of drug-likeness (QED) is 0.501. The molecule has 28 heavy (non-hydrogen) atoms. The van der Waals surface area contributed by atoms with Crippen LogP contribution >= 0.6 is 23.2 Å². The second-order valence-electron chi connectivity index (χ2n) is 5.81. The van der Waals surface area contributed by atoms with Crippen LogP contribution < -0.4 is 14.8 Å². The Labute approximate surface area is 172 Å². The Bertz CT molecular complexity index is 932. The van der Waals surface area contributed by atoms with Crippen LogP contribution in [0.1, 0.15) is 12.5 Å². The van der Waals surface area contributed by atoms with Gasteiger partial charge >= 0.3 is 0 Å². The van der Waals surface area contributed by atoms with Crippen LogP contribution in [0.2, 0.25) is 10.0 Å². The zero-order valence-electron chi connectivity index (χ0n) is 15.7. The molecule has 7 nitrogen and oxygen atoms in total. The minimum Gasteiger partial charge on any atom is -0.493 e. The van der Waals surface area contributed by atoms with E-state index >= 15 is 0 Å². The van der Waals surface area contributed by atoms with E-state index in [9.17, 15) is 9.59 Å². The molecular weight excluding hydrogens is 405 g/mol. The molecule has 1 unspecified atom stereocenters. The van der Waals surface area contributed by atoms with Crippen molar-refractivity contribution in [3.8, 4) is 11.5 Å². The van der Waals surface area contributed by atoms with Crippen molar-refractivity contribution in [2.75, 3.05) is 19.5 Å². The fourth-order valence-corrected chi connectivity index (χ4v) is 2.86. The molecule has 2 aromatic carbocycles. The minimum atomic E-state index is -1.33. The van der Waals surface area contributed by atoms with E-state index in [1.165, 1.54) is 21.1 Å². The highest BCUT2D eigenvalue weighted by atomic mass is 35.5. The summed E-state index contributed by atoms with van der Waals surface area (Å²) >= 11 is 12.2. The SMILES string of the molecule is COc1ccc(NC(=O)C(N=Nc2ccc(Cl)cc2C)C(C)=O)c(Cl)c1OC. The number of azo groups is 1. The van der Waals surface area contributed by atoms with Gasteiger partial charge in [0.15, 0.2) is 17.3 Å². The van der Waals surface area contributed by atoms with Gasteiger partial charge in [-0.3, -0.25) is 9.59 Å². The number of rotatable bonds is 7. The van der Waals surface area contributed by atoms with Crippen molar-refractivity contribution in [2.45, 2.75) is 19.9 Å². The van der Waals surface area contributed by atoms with E-state index in [-0.39, 0.29) is 16.5 Å². The van der Waals surface area contributed by atoms with E-state index in [4.69, 9.17) is 32.7 Å². The van der Waals surface area contributed by atoms with E-state index in [0.717, 1.165) is 5.56 Å². The maximum absolute atomic E-state index is 12.6. The number of Topliss-reactive ketones (excluding diaryl/α,β-unsaturated/α-hetero) is 1. The average molecular weight is 424 g/mol. The summed E-state index contributed by atoms with van der Waals surface area (Å²) in [4.78, 5) is 24.5. The predicted octanol–water partition coefficient (Wildman–Crippen LogP) is 5.00. The maximum atomic E-state index is 12.6. The Balaban J connectivity index is 2.26. The van der Waals surface area contributed by atoms with Crippen LogP contribution in [0, 0.1) is 6.92 Å². The first-order chi connectivity index (χ1) is 13.3. The van der Waals surface area contributed by atoms with Gasteiger partial charge in [-0.1, -0.05) is 23.2 Å². The first kappa shape index (κ1) is 21.7. The van der Waals surface area contributed by atoms with Crippen LogP contribution in [0.3, 0.4) is 0 Å². The highest BCUT2D eigenvalue weighted by molar-refractivity contribution is 6.35. The molecule has 9 heteroatoms. The van der Waals surface area contributed by atoms with Gasteiger partial charge < -0.3 is 14.8 Å². The third-order valence-electron chi connectivity index (χ3n) is 3.82. The zero-order valence-corrected chi connectivity index (χ0v) is 17.3. The number of ether oxygens (including phenoxy) is 2. The van der Waals surface area contributed by atoms with Crippen molar-refractivity contribution in [2.24, 2.45) is 10.2 Å². The second-order valence-corrected chi connectivity index (χ2v) is 6.63. The molecule has 0 radical (unpaired) electrons. The molecule has 0 heterocycles. The molecule has 1 N–H and O–H groups in total. The van der Waals surface area contributed by atoms with Gasteiger partial charge in [-0.05, 0) is 49.7 Å². The number of nitrogens with one attached hydrogen (secondary N) is 1. The highest BCUT2D eigenvalue weighted by Gasteiger charge is 2.25. The third-order valence-corrected chi connectivity index (χ3v) is 4.43. The summed E-state index contributed by atoms with van der Waals surface area (Å²) in [7, 11) is 2.90. The number of carbonyl (C=O) groups excluding carboxylic acids is 2. The molecule has 0 bridgehead atoms. The summed E-state index contributed by atoms with van der Waals surface area (Å²) in [6, 6.07) is 6.80. The molecule has 0 fully saturated rings. The van der Waals surface area contributed by atoms with Gasteiger partial charge in [-0.25, -0.2) is 0 Å². The number of amides is 1. The van der Waals surface area contributed by atoms with E-state index in [0.29, 0.717) is 16.5 Å². The first-order valence-corrected chi connectivity index (χ1v) is 8.92. The van der Waals surface area contributed by atoms with Gasteiger partial charge in [0.25, 0.3) is 5.91 Å². The normalized spacial score (nSPS) is 11.9. The standard InChI is InChI=1S/C19H19Cl2N3O4/c1-10-9-12(20)5-6-13(10)23-24-17(11(2)25)19(26)22-14-7-8-15(27-3)18(28-4)16(14)21/h5-9,17H,1-4H3,(H,22,26). The fraction of sp³-hybridized carbons (Fsp3) is 0.263. The van der Waals surface area contributed by atoms with E-state index < -0.39 is 17.7 Å². The second kappa shape index (κ2) is 9.52. The van der Waals surface area contributed by atoms with Gasteiger partial charge in [-0.2, -0.15) is 10.2 Å². The Hall–Kier alpha value is -2.64. The zero-order chi connectivity index (χ0) is 20.8. The van der Waals surface area contributed by atoms with Crippen molar-refractivity contribution in [3.05, 3.63) is 45.9 Å². The molecule has 0 saturated heterocycles. The molecule has 2 rings (SSSR count). The summed E-state index contributed by atoms with van der Waals surface area (Å²) < 4.78 is 10.3. The number of carbonyl (C=O) groups is 2. The number of hydrogen-bond donors (Lipinski definition) is 1. The van der Waals surface area contributed by atoms with Gasteiger partial charge in [0, 0.05) is 5.02 Å². The monoisotopic (exact) mass is 423 g/mol. The highest BCUT2D eigenvalue weighted by Crippen LogP contribution is 2.40. The number of anilines is 1. The lowest BCUT2D eigenvalue weighted by molar-refractivity contribution is -0.126. The number of methoxy groups -OCH3 is 2. The molecule has 0 spiro atoms. The summed E-state index contributed by atoms with van der Waals surface area (Å²) in [6.07, 6.45) is 0. The Morgan fingerprint density at radius 1 is 1.11 bits per heavy atom. The lowest BCUT2D eigenvalue weighted by Crippen LogP contribution is -2.32. The summed E-state index contributed by atoms with van der Waals surface area (Å²) in [5, 5.41) is 11.2. The van der Waals surface area contributed by atoms with Crippen molar-refractivity contribution in [1.82, 2.24) is 0 Å². The maximum Gasteiger partial charge on any atom is 0.258 e. The molecule has 0 aliphatic heterocycles. The Morgan fingerprint density at radius 2 is 1.82 bits per heavy atom. The molecule has 0 aliphatic rings. The number of halogens is 2. The number of hydrogen-bond acceptors (Lipinski definition) is 6. The molecule has 1 atom stereocenters. The van der Waals surface area contributed by atoms with Crippen LogP contribution in [-0.2, 0) is 9.59 Å². The van der Waals surface area contributed by atoms with E-state index in [2.05, 4.69) is 15.5 Å². The average Bonchev–Trinajstić information content (AvgIpc) is 2.64. The van der Waals surface area contributed by atoms with Crippen LogP contribution in [0.4, 0.5) is 11.4 Å². The minimum absolute atomic E-state index is 0.142. The molecular formula is C19H19Cl2N3O4. The molecule has 148 valence electrons. The van der Waals surface area contributed by atoms with E-state index in [1.807, 2.05) is 0 Å². The summed E-state index contributed by atoms with van der Waals surface area (Å²) in [5.41, 5.74) is 1.53. The molecule has 0 aliphatic carbocycles. The van der Waals surface area contributed by atoms with Crippen LogP contribution in [-0.4, -0.2) is 32.0 Å². The molecule has 0 saturated carbocycles. The molecule has 2 aromatic rings. The topological polar surface area (TPSA) is 89.4 Å². The Kier molecular flexibility index (Phi) is 7.37. The first-order valence-electron chi connectivity index (χ1n) is 8.17. The fourth-order valence-electron chi connectivity index (χ4n) is 2.36. The predicted molar refractivity (Wildman–Crippen MR) is 108 cm³/mol. The van der Waals surface area contributed by atoms with Gasteiger partial charge in [0.2, 0.25) is 6.04 Å². The van der Waals surface area contributed by atoms with Crippen molar-refractivity contribution < 1.29 is 19.1 Å². The van der Waals surface area contributed by atoms with Crippen molar-refractivity contribution in [1.29, 1.82) is 0 Å². The van der Waals surface area contributed by atoms with Crippen molar-refractivity contribution >= 4 is 46.3 Å². The van der Waals surface area contributed by atoms with Crippen LogP contribution in [0.25, 0.3) is 0 Å². The molecule has 0 aromatic heterocycles. The number of ketones is 1. The van der Waals surface area contributed by atoms with E-state index in [1.54, 1.807) is 37.3 Å². The lowest BCUT2D eigenvalue weighted by atomic mass is 10.2. The Morgan fingerprint density at radius 3 is 2.39 bits per heavy atom. The number of benzene rings is 2. The summed E-state index contributed by atoms with van der Waals surface area (Å²) in [6.45, 7) is 3.06. The number of aryl methyl sites for hydroxylation is 1. The smallest absolute Gasteiger partial charge is 0.258 e. The van der Waals surface area contributed by atoms with Gasteiger partial charge in [0.05, 0.1) is 25.6 Å². The van der Waals surface area contributed by atoms with Gasteiger partial charge in [-0.15, -0.1) is 0 Å². The van der Waals surface area contributed by atoms with Crippen LogP contribution in [0.5, 0.6) is 11.5 Å². The number of nitrogens with zero attached hydrogens (tertiary/aromatic N) is 2. The lowest BCUT2D eigenvalue weighted by Gasteiger charge is -2.14. The molecule has 1 amide bonds. The van der Waals surface area contributed by atoms with Crippen LogP contribution in [0.15, 0.2) is 40.6 Å². The summed E-state index contributed by atoms with van der Waals surface area (Å²) in [5.74, 6) is -0.465. The third kappa shape index (κ3) is 4.99. The largest absolute Gasteiger partial charge is 0.493 e. The van der Waals surface area contributed by atoms with Gasteiger partial charge in [0.1, 0.15) is 5.02 Å².